The summed E-state index contributed by atoms with van der Waals surface area (Å²) in [6.07, 6.45) is 4.60. The maximum absolute atomic E-state index is 13.8. The summed E-state index contributed by atoms with van der Waals surface area (Å²) < 4.78 is 27.2. The van der Waals surface area contributed by atoms with E-state index in [1.54, 1.807) is 11.1 Å². The molecule has 2 aromatic rings. The molecule has 1 amide bonds. The van der Waals surface area contributed by atoms with Gasteiger partial charge in [-0.05, 0) is 36.6 Å². The molecule has 0 radical (unpaired) electrons. The van der Waals surface area contributed by atoms with Crippen LogP contribution in [0.4, 0.5) is 8.78 Å². The highest BCUT2D eigenvalue weighted by Crippen LogP contribution is 2.32. The van der Waals surface area contributed by atoms with E-state index in [2.05, 4.69) is 16.0 Å². The van der Waals surface area contributed by atoms with Crippen LogP contribution < -0.4 is 0 Å². The summed E-state index contributed by atoms with van der Waals surface area (Å²) in [6.45, 7) is 3.20. The number of amides is 1. The summed E-state index contributed by atoms with van der Waals surface area (Å²) in [4.78, 5) is 20.9. The van der Waals surface area contributed by atoms with Crippen LogP contribution in [0.5, 0.6) is 0 Å². The predicted molar refractivity (Wildman–Crippen MR) is 93.2 cm³/mol. The maximum Gasteiger partial charge on any atom is 0.227 e. The second-order valence-corrected chi connectivity index (χ2v) is 7.14. The van der Waals surface area contributed by atoms with Gasteiger partial charge in [0.2, 0.25) is 5.91 Å². The smallest absolute Gasteiger partial charge is 0.227 e. The van der Waals surface area contributed by atoms with Crippen molar-refractivity contribution in [1.82, 2.24) is 14.8 Å². The molecule has 2 saturated heterocycles. The van der Waals surface area contributed by atoms with Crippen LogP contribution in [0.3, 0.4) is 0 Å². The zero-order chi connectivity index (χ0) is 18.1. The zero-order valence-corrected chi connectivity index (χ0v) is 14.4. The molecule has 2 aliphatic rings. The fourth-order valence-corrected chi connectivity index (χ4v) is 4.13. The fraction of sp³-hybridized carbons (Fsp3) is 0.400. The van der Waals surface area contributed by atoms with Gasteiger partial charge in [-0.15, -0.1) is 0 Å². The van der Waals surface area contributed by atoms with Crippen LogP contribution in [0.25, 0.3) is 0 Å². The lowest BCUT2D eigenvalue weighted by molar-refractivity contribution is -0.129. The van der Waals surface area contributed by atoms with Crippen molar-refractivity contribution < 1.29 is 13.6 Å². The molecule has 26 heavy (non-hydrogen) atoms. The number of likely N-dealkylation sites (tertiary alicyclic amines) is 2. The highest BCUT2D eigenvalue weighted by atomic mass is 19.2. The first kappa shape index (κ1) is 17.1. The Morgan fingerprint density at radius 3 is 2.88 bits per heavy atom. The van der Waals surface area contributed by atoms with Gasteiger partial charge >= 0.3 is 0 Å². The molecule has 2 aliphatic heterocycles. The number of carbonyl (C=O) groups excluding carboxylic acids is 1. The van der Waals surface area contributed by atoms with Crippen LogP contribution in [0, 0.1) is 17.6 Å². The van der Waals surface area contributed by atoms with E-state index in [1.807, 2.05) is 12.3 Å². The molecule has 136 valence electrons. The fourth-order valence-electron chi connectivity index (χ4n) is 4.13. The molecule has 0 N–H and O–H groups in total. The number of hydrogen-bond acceptors (Lipinski definition) is 3. The Balaban J connectivity index is 1.40. The third kappa shape index (κ3) is 3.33. The summed E-state index contributed by atoms with van der Waals surface area (Å²) in [5.74, 6) is -1.51. The summed E-state index contributed by atoms with van der Waals surface area (Å²) >= 11 is 0. The Morgan fingerprint density at radius 1 is 1.19 bits per heavy atom. The first-order chi connectivity index (χ1) is 12.6. The van der Waals surface area contributed by atoms with Gasteiger partial charge in [-0.1, -0.05) is 18.2 Å². The van der Waals surface area contributed by atoms with Crippen molar-refractivity contribution in [3.63, 3.8) is 0 Å². The van der Waals surface area contributed by atoms with Crippen molar-refractivity contribution in [2.45, 2.75) is 25.4 Å². The number of rotatable bonds is 4. The van der Waals surface area contributed by atoms with E-state index >= 15 is 0 Å². The van der Waals surface area contributed by atoms with E-state index in [9.17, 15) is 13.6 Å². The van der Waals surface area contributed by atoms with Gasteiger partial charge in [-0.2, -0.15) is 0 Å². The summed E-state index contributed by atoms with van der Waals surface area (Å²) in [7, 11) is 0. The number of benzene rings is 1. The molecule has 4 rings (SSSR count). The number of carbonyl (C=O) groups is 1. The standard InChI is InChI=1S/C20H21F2N3O/c21-17-5-1-4-15(20(17)22)9-19(26)25-12-16-6-8-24(18(16)13-25)11-14-3-2-7-23-10-14/h1-5,7,10,16,18H,6,8-9,11-13H2/t16-,18+/m0/s1. The molecule has 0 bridgehead atoms. The SMILES string of the molecule is O=C(Cc1cccc(F)c1F)N1C[C@@H]2CCN(Cc3cccnc3)[C@@H]2C1. The monoisotopic (exact) mass is 357 g/mol. The van der Waals surface area contributed by atoms with Gasteiger partial charge in [0.05, 0.1) is 6.42 Å². The van der Waals surface area contributed by atoms with Crippen LogP contribution >= 0.6 is 0 Å². The van der Waals surface area contributed by atoms with Gasteiger partial charge < -0.3 is 4.90 Å². The summed E-state index contributed by atoms with van der Waals surface area (Å²) in [5, 5.41) is 0. The van der Waals surface area contributed by atoms with Crippen molar-refractivity contribution >= 4 is 5.91 Å². The second-order valence-electron chi connectivity index (χ2n) is 7.14. The third-order valence-electron chi connectivity index (χ3n) is 5.50. The Bertz CT molecular complexity index is 799. The van der Waals surface area contributed by atoms with E-state index in [0.717, 1.165) is 25.6 Å². The topological polar surface area (TPSA) is 36.4 Å². The summed E-state index contributed by atoms with van der Waals surface area (Å²) in [5.41, 5.74) is 1.29. The molecule has 6 heteroatoms. The minimum atomic E-state index is -0.918. The highest BCUT2D eigenvalue weighted by molar-refractivity contribution is 5.79. The lowest BCUT2D eigenvalue weighted by atomic mass is 10.1. The normalized spacial score (nSPS) is 22.6. The molecule has 0 saturated carbocycles. The number of hydrogen-bond donors (Lipinski definition) is 0. The quantitative estimate of drug-likeness (QED) is 0.844. The lowest BCUT2D eigenvalue weighted by Gasteiger charge is -2.24. The van der Waals surface area contributed by atoms with E-state index < -0.39 is 11.6 Å². The minimum Gasteiger partial charge on any atom is -0.340 e. The Kier molecular flexibility index (Phi) is 4.68. The highest BCUT2D eigenvalue weighted by Gasteiger charge is 2.42. The molecule has 0 spiro atoms. The first-order valence-corrected chi connectivity index (χ1v) is 8.95. The van der Waals surface area contributed by atoms with Crippen LogP contribution in [0.15, 0.2) is 42.7 Å². The molecule has 2 atom stereocenters. The van der Waals surface area contributed by atoms with Crippen molar-refractivity contribution in [3.05, 3.63) is 65.5 Å². The van der Waals surface area contributed by atoms with Crippen LogP contribution in [0.1, 0.15) is 17.5 Å². The molecule has 3 heterocycles. The maximum atomic E-state index is 13.8. The van der Waals surface area contributed by atoms with Gasteiger partial charge in [0.1, 0.15) is 0 Å². The molecule has 4 nitrogen and oxygen atoms in total. The molecular formula is C20H21F2N3O. The second kappa shape index (κ2) is 7.11. The number of halogens is 2. The number of nitrogens with zero attached hydrogens (tertiary/aromatic N) is 3. The van der Waals surface area contributed by atoms with E-state index in [1.165, 1.54) is 17.7 Å². The van der Waals surface area contributed by atoms with E-state index in [-0.39, 0.29) is 17.9 Å². The van der Waals surface area contributed by atoms with Crippen molar-refractivity contribution in [1.29, 1.82) is 0 Å². The summed E-state index contributed by atoms with van der Waals surface area (Å²) in [6, 6.07) is 8.31. The van der Waals surface area contributed by atoms with E-state index in [0.29, 0.717) is 25.0 Å². The van der Waals surface area contributed by atoms with Crippen molar-refractivity contribution in [2.75, 3.05) is 19.6 Å². The van der Waals surface area contributed by atoms with Crippen LogP contribution in [0.2, 0.25) is 0 Å². The third-order valence-corrected chi connectivity index (χ3v) is 5.50. The van der Waals surface area contributed by atoms with Crippen molar-refractivity contribution in [2.24, 2.45) is 5.92 Å². The molecular weight excluding hydrogens is 336 g/mol. The van der Waals surface area contributed by atoms with Gasteiger partial charge in [0.25, 0.3) is 0 Å². The lowest BCUT2D eigenvalue weighted by Crippen LogP contribution is -2.37. The number of aromatic nitrogens is 1. The minimum absolute atomic E-state index is 0.0916. The Morgan fingerprint density at radius 2 is 2.08 bits per heavy atom. The molecule has 1 aromatic heterocycles. The largest absolute Gasteiger partial charge is 0.340 e. The van der Waals surface area contributed by atoms with Crippen molar-refractivity contribution in [3.8, 4) is 0 Å². The number of pyridine rings is 1. The van der Waals surface area contributed by atoms with Gasteiger partial charge in [0.15, 0.2) is 11.6 Å². The van der Waals surface area contributed by atoms with Gasteiger partial charge in [0, 0.05) is 43.6 Å². The van der Waals surface area contributed by atoms with Crippen LogP contribution in [-0.2, 0) is 17.8 Å². The average Bonchev–Trinajstić information content (AvgIpc) is 3.22. The average molecular weight is 357 g/mol. The van der Waals surface area contributed by atoms with Gasteiger partial charge in [-0.25, -0.2) is 8.78 Å². The first-order valence-electron chi connectivity index (χ1n) is 8.95. The molecule has 2 fully saturated rings. The Labute approximate surface area is 151 Å². The van der Waals surface area contributed by atoms with Gasteiger partial charge in [-0.3, -0.25) is 14.7 Å². The zero-order valence-electron chi connectivity index (χ0n) is 14.4. The molecule has 0 aliphatic carbocycles. The number of fused-ring (bicyclic) bond motifs is 1. The van der Waals surface area contributed by atoms with E-state index in [4.69, 9.17) is 0 Å². The van der Waals surface area contributed by atoms with Crippen LogP contribution in [-0.4, -0.2) is 46.4 Å². The molecule has 1 aromatic carbocycles. The molecule has 0 unspecified atom stereocenters. The Hall–Kier alpha value is -2.34. The predicted octanol–water partition coefficient (Wildman–Crippen LogP) is 2.64.